The number of carbonyl (C=O) groups is 1. The van der Waals surface area contributed by atoms with Crippen molar-refractivity contribution in [2.45, 2.75) is 45.1 Å². The fraction of sp³-hybridized carbons (Fsp3) is 0.667. The average molecular weight is 379 g/mol. The topological polar surface area (TPSA) is 48.0 Å². The molecule has 3 rings (SSSR count). The van der Waals surface area contributed by atoms with Crippen molar-refractivity contribution in [3.05, 3.63) is 29.6 Å². The van der Waals surface area contributed by atoms with Crippen molar-refractivity contribution in [1.29, 1.82) is 0 Å². The van der Waals surface area contributed by atoms with Crippen LogP contribution in [0.3, 0.4) is 0 Å². The zero-order valence-electron chi connectivity index (χ0n) is 16.3. The Kier molecular flexibility index (Phi) is 6.71. The zero-order valence-corrected chi connectivity index (χ0v) is 16.3. The van der Waals surface area contributed by atoms with Gasteiger partial charge in [-0.3, -0.25) is 4.90 Å². The summed E-state index contributed by atoms with van der Waals surface area (Å²) in [4.78, 5) is 14.6. The highest BCUT2D eigenvalue weighted by Gasteiger charge is 2.39. The van der Waals surface area contributed by atoms with Crippen LogP contribution in [0.4, 0.5) is 4.39 Å². The van der Waals surface area contributed by atoms with E-state index in [4.69, 9.17) is 14.2 Å². The summed E-state index contributed by atoms with van der Waals surface area (Å²) < 4.78 is 31.1. The van der Waals surface area contributed by atoms with Crippen LogP contribution in [0, 0.1) is 11.7 Å². The van der Waals surface area contributed by atoms with Crippen LogP contribution < -0.4 is 4.74 Å². The van der Waals surface area contributed by atoms with Gasteiger partial charge in [-0.15, -0.1) is 0 Å². The highest BCUT2D eigenvalue weighted by molar-refractivity contribution is 5.89. The van der Waals surface area contributed by atoms with Gasteiger partial charge in [0.2, 0.25) is 0 Å². The van der Waals surface area contributed by atoms with Crippen molar-refractivity contribution < 1.29 is 23.4 Å². The summed E-state index contributed by atoms with van der Waals surface area (Å²) >= 11 is 0. The molecule has 0 spiro atoms. The summed E-state index contributed by atoms with van der Waals surface area (Å²) in [5.41, 5.74) is -0.0232. The van der Waals surface area contributed by atoms with Gasteiger partial charge >= 0.3 is 5.97 Å². The van der Waals surface area contributed by atoms with E-state index in [-0.39, 0.29) is 17.3 Å². The van der Waals surface area contributed by atoms with E-state index >= 15 is 0 Å². The molecule has 0 unspecified atom stereocenters. The minimum atomic E-state index is -0.446. The smallest absolute Gasteiger partial charge is 0.338 e. The number of ether oxygens (including phenoxy) is 3. The molecule has 1 saturated heterocycles. The molecule has 1 aliphatic carbocycles. The first kappa shape index (κ1) is 20.1. The van der Waals surface area contributed by atoms with E-state index in [1.807, 2.05) is 0 Å². The average Bonchev–Trinajstić information content (AvgIpc) is 3.14. The van der Waals surface area contributed by atoms with Crippen LogP contribution in [-0.4, -0.2) is 55.9 Å². The molecule has 5 nitrogen and oxygen atoms in total. The Morgan fingerprint density at radius 3 is 2.63 bits per heavy atom. The molecule has 0 N–H and O–H groups in total. The Balaban J connectivity index is 1.61. The summed E-state index contributed by atoms with van der Waals surface area (Å²) in [6, 6.07) is 4.22. The lowest BCUT2D eigenvalue weighted by molar-refractivity contribution is 0.0189. The van der Waals surface area contributed by atoms with E-state index in [0.29, 0.717) is 31.9 Å². The number of benzene rings is 1. The molecule has 0 radical (unpaired) electrons. The van der Waals surface area contributed by atoms with Gasteiger partial charge in [0.1, 0.15) is 12.2 Å². The van der Waals surface area contributed by atoms with Crippen molar-refractivity contribution in [1.82, 2.24) is 4.90 Å². The Hall–Kier alpha value is -1.66. The van der Waals surface area contributed by atoms with Crippen molar-refractivity contribution in [3.63, 3.8) is 0 Å². The minimum absolute atomic E-state index is 0.147. The number of esters is 1. The summed E-state index contributed by atoms with van der Waals surface area (Å²) in [6.45, 7) is 8.32. The lowest BCUT2D eigenvalue weighted by atomic mass is 9.88. The normalized spacial score (nSPS) is 20.0. The Bertz CT molecular complexity index is 637. The molecule has 0 amide bonds. The molecule has 1 aromatic carbocycles. The fourth-order valence-corrected chi connectivity index (χ4v) is 3.87. The number of halogens is 1. The second-order valence-corrected chi connectivity index (χ2v) is 7.76. The molecule has 0 aromatic heterocycles. The third-order valence-electron chi connectivity index (χ3n) is 5.73. The predicted octanol–water partition coefficient (Wildman–Crippen LogP) is 3.66. The number of hydrogen-bond donors (Lipinski definition) is 0. The van der Waals surface area contributed by atoms with Crippen LogP contribution in [0.25, 0.3) is 0 Å². The van der Waals surface area contributed by atoms with Crippen molar-refractivity contribution in [2.75, 3.05) is 39.5 Å². The first-order valence-corrected chi connectivity index (χ1v) is 9.96. The van der Waals surface area contributed by atoms with Gasteiger partial charge in [0, 0.05) is 19.6 Å². The van der Waals surface area contributed by atoms with Gasteiger partial charge in [-0.25, -0.2) is 9.18 Å². The first-order valence-electron chi connectivity index (χ1n) is 9.96. The maximum atomic E-state index is 14.3. The Morgan fingerprint density at radius 2 is 1.96 bits per heavy atom. The molecule has 150 valence electrons. The number of morpholine rings is 1. The zero-order chi connectivity index (χ0) is 19.3. The molecule has 2 aliphatic rings. The van der Waals surface area contributed by atoms with Gasteiger partial charge in [0.05, 0.1) is 18.8 Å². The van der Waals surface area contributed by atoms with Gasteiger partial charge < -0.3 is 14.2 Å². The Morgan fingerprint density at radius 1 is 1.26 bits per heavy atom. The van der Waals surface area contributed by atoms with Crippen LogP contribution in [0.1, 0.15) is 49.9 Å². The van der Waals surface area contributed by atoms with Crippen LogP contribution in [0.2, 0.25) is 0 Å². The summed E-state index contributed by atoms with van der Waals surface area (Å²) in [7, 11) is 0. The van der Waals surface area contributed by atoms with E-state index in [2.05, 4.69) is 18.7 Å². The van der Waals surface area contributed by atoms with Gasteiger partial charge in [-0.1, -0.05) is 13.8 Å². The number of carbonyl (C=O) groups excluding carboxylic acids is 1. The molecule has 0 atom stereocenters. The lowest BCUT2D eigenvalue weighted by Crippen LogP contribution is -2.39. The van der Waals surface area contributed by atoms with E-state index in [9.17, 15) is 9.18 Å². The highest BCUT2D eigenvalue weighted by Crippen LogP contribution is 2.40. The predicted molar refractivity (Wildman–Crippen MR) is 101 cm³/mol. The number of rotatable bonds is 7. The molecule has 1 saturated carbocycles. The van der Waals surface area contributed by atoms with Crippen molar-refractivity contribution in [3.8, 4) is 5.75 Å². The molecule has 0 bridgehead atoms. The molecule has 1 aromatic rings. The second-order valence-electron chi connectivity index (χ2n) is 7.76. The van der Waals surface area contributed by atoms with Crippen molar-refractivity contribution in [2.24, 2.45) is 5.92 Å². The van der Waals surface area contributed by atoms with E-state index < -0.39 is 11.8 Å². The van der Waals surface area contributed by atoms with Crippen LogP contribution in [0.15, 0.2) is 18.2 Å². The first-order chi connectivity index (χ1) is 13.0. The molecular weight excluding hydrogens is 349 g/mol. The molecule has 1 heterocycles. The Labute approximate surface area is 160 Å². The maximum absolute atomic E-state index is 14.3. The molecular formula is C21H30FNO4. The quantitative estimate of drug-likeness (QED) is 0.677. The van der Waals surface area contributed by atoms with Gasteiger partial charge in [0.25, 0.3) is 0 Å². The molecule has 1 aliphatic heterocycles. The SMILES string of the molecule is CC(C)C1(Oc2cc(C(=O)OCCN3CCOCC3)ccc2F)CCCC1. The van der Waals surface area contributed by atoms with Gasteiger partial charge in [-0.2, -0.15) is 0 Å². The van der Waals surface area contributed by atoms with Crippen LogP contribution in [-0.2, 0) is 9.47 Å². The van der Waals surface area contributed by atoms with Crippen LogP contribution in [0.5, 0.6) is 5.75 Å². The van der Waals surface area contributed by atoms with Gasteiger partial charge in [0.15, 0.2) is 11.6 Å². The number of hydrogen-bond acceptors (Lipinski definition) is 5. The monoisotopic (exact) mass is 379 g/mol. The number of nitrogens with zero attached hydrogens (tertiary/aromatic N) is 1. The highest BCUT2D eigenvalue weighted by atomic mass is 19.1. The molecule has 6 heteroatoms. The summed E-state index contributed by atoms with van der Waals surface area (Å²) in [5, 5.41) is 0. The third kappa shape index (κ3) is 4.99. The summed E-state index contributed by atoms with van der Waals surface area (Å²) in [5.74, 6) is -0.457. The third-order valence-corrected chi connectivity index (χ3v) is 5.73. The summed E-state index contributed by atoms with van der Waals surface area (Å²) in [6.07, 6.45) is 4.00. The van der Waals surface area contributed by atoms with E-state index in [1.165, 1.54) is 18.2 Å². The second kappa shape index (κ2) is 9.02. The lowest BCUT2D eigenvalue weighted by Gasteiger charge is -2.34. The van der Waals surface area contributed by atoms with Gasteiger partial charge in [-0.05, 0) is 49.8 Å². The maximum Gasteiger partial charge on any atom is 0.338 e. The standard InChI is InChI=1S/C21H30FNO4/c1-16(2)21(7-3-4-8-21)27-19-15-17(5-6-18(19)22)20(24)26-14-11-23-9-12-25-13-10-23/h5-6,15-16H,3-4,7-14H2,1-2H3. The molecule has 27 heavy (non-hydrogen) atoms. The van der Waals surface area contributed by atoms with Crippen molar-refractivity contribution >= 4 is 5.97 Å². The van der Waals surface area contributed by atoms with Crippen LogP contribution >= 0.6 is 0 Å². The fourth-order valence-electron chi connectivity index (χ4n) is 3.87. The largest absolute Gasteiger partial charge is 0.484 e. The van der Waals surface area contributed by atoms with E-state index in [0.717, 1.165) is 38.8 Å². The minimum Gasteiger partial charge on any atom is -0.484 e. The molecule has 2 fully saturated rings. The van der Waals surface area contributed by atoms with E-state index in [1.54, 1.807) is 0 Å².